The largest absolute Gasteiger partial charge is 0.289 e. The van der Waals surface area contributed by atoms with E-state index in [9.17, 15) is 18.5 Å². The standard InChI is InChI=1S/C19H16N2O4S/c22-21(23)18-10-3-4-11-19(18)26(24,25)20-13-16(20)12-15-8-5-7-14-6-1-2-9-17(14)15/h1-11,16H,12-13H2. The van der Waals surface area contributed by atoms with E-state index in [1.807, 2.05) is 42.5 Å². The van der Waals surface area contributed by atoms with Crippen molar-refractivity contribution in [3.8, 4) is 0 Å². The maximum Gasteiger partial charge on any atom is 0.289 e. The van der Waals surface area contributed by atoms with Crippen LogP contribution in [0.1, 0.15) is 5.56 Å². The van der Waals surface area contributed by atoms with Gasteiger partial charge in [-0.2, -0.15) is 4.31 Å². The lowest BCUT2D eigenvalue weighted by atomic mass is 10.0. The number of nitrogens with zero attached hydrogens (tertiary/aromatic N) is 2. The van der Waals surface area contributed by atoms with E-state index in [2.05, 4.69) is 0 Å². The van der Waals surface area contributed by atoms with Gasteiger partial charge in [0.25, 0.3) is 5.69 Å². The van der Waals surface area contributed by atoms with Crippen LogP contribution >= 0.6 is 0 Å². The third-order valence-electron chi connectivity index (χ3n) is 4.65. The highest BCUT2D eigenvalue weighted by Gasteiger charge is 2.46. The van der Waals surface area contributed by atoms with E-state index >= 15 is 0 Å². The molecule has 0 radical (unpaired) electrons. The minimum atomic E-state index is -3.87. The quantitative estimate of drug-likeness (QED) is 0.393. The molecule has 1 saturated heterocycles. The van der Waals surface area contributed by atoms with E-state index in [1.54, 1.807) is 0 Å². The highest BCUT2D eigenvalue weighted by molar-refractivity contribution is 7.89. The summed E-state index contributed by atoms with van der Waals surface area (Å²) in [6.45, 7) is 0.373. The Kier molecular flexibility index (Phi) is 3.97. The molecule has 0 bridgehead atoms. The Labute approximate surface area is 150 Å². The molecule has 0 aromatic heterocycles. The maximum absolute atomic E-state index is 12.8. The number of sulfonamides is 1. The number of hydrogen-bond acceptors (Lipinski definition) is 4. The molecule has 0 amide bonds. The molecule has 1 aliphatic rings. The van der Waals surface area contributed by atoms with E-state index in [0.717, 1.165) is 16.3 Å². The van der Waals surface area contributed by atoms with Gasteiger partial charge in [0.15, 0.2) is 4.90 Å². The summed E-state index contributed by atoms with van der Waals surface area (Å²) in [4.78, 5) is 10.3. The predicted octanol–water partition coefficient (Wildman–Crippen LogP) is 3.36. The summed E-state index contributed by atoms with van der Waals surface area (Å²) in [5.41, 5.74) is 0.691. The van der Waals surface area contributed by atoms with Crippen LogP contribution in [0.25, 0.3) is 10.8 Å². The number of fused-ring (bicyclic) bond motifs is 1. The molecule has 6 nitrogen and oxygen atoms in total. The first kappa shape index (κ1) is 16.7. The normalized spacial score (nSPS) is 19.4. The average Bonchev–Trinajstić information content (AvgIpc) is 3.42. The van der Waals surface area contributed by atoms with Crippen molar-refractivity contribution in [1.82, 2.24) is 4.31 Å². The maximum atomic E-state index is 12.8. The SMILES string of the molecule is O=[N+]([O-])c1ccccc1S(=O)(=O)N1CC1Cc1cccc2ccccc12. The first-order chi connectivity index (χ1) is 12.5. The van der Waals surface area contributed by atoms with Gasteiger partial charge in [-0.25, -0.2) is 8.42 Å². The van der Waals surface area contributed by atoms with Crippen molar-refractivity contribution < 1.29 is 13.3 Å². The third-order valence-corrected chi connectivity index (χ3v) is 6.61. The molecule has 1 heterocycles. The van der Waals surface area contributed by atoms with Crippen LogP contribution < -0.4 is 0 Å². The number of para-hydroxylation sites is 1. The Hall–Kier alpha value is -2.77. The molecule has 0 spiro atoms. The Balaban J connectivity index is 1.61. The lowest BCUT2D eigenvalue weighted by Crippen LogP contribution is -2.17. The van der Waals surface area contributed by atoms with Crippen LogP contribution in [-0.2, 0) is 16.4 Å². The van der Waals surface area contributed by atoms with E-state index < -0.39 is 14.9 Å². The summed E-state index contributed by atoms with van der Waals surface area (Å²) < 4.78 is 26.9. The fourth-order valence-corrected chi connectivity index (χ4v) is 5.04. The van der Waals surface area contributed by atoms with E-state index in [4.69, 9.17) is 0 Å². The first-order valence-electron chi connectivity index (χ1n) is 8.20. The molecule has 2 atom stereocenters. The van der Waals surface area contributed by atoms with E-state index in [1.165, 1.54) is 28.6 Å². The van der Waals surface area contributed by atoms with Gasteiger partial charge in [-0.15, -0.1) is 0 Å². The zero-order chi connectivity index (χ0) is 18.3. The highest BCUT2D eigenvalue weighted by Crippen LogP contribution is 2.35. The van der Waals surface area contributed by atoms with Gasteiger partial charge < -0.3 is 0 Å². The van der Waals surface area contributed by atoms with Crippen LogP contribution in [0, 0.1) is 10.1 Å². The predicted molar refractivity (Wildman–Crippen MR) is 98.4 cm³/mol. The number of hydrogen-bond donors (Lipinski definition) is 0. The van der Waals surface area contributed by atoms with Crippen molar-refractivity contribution in [2.45, 2.75) is 17.4 Å². The summed E-state index contributed by atoms with van der Waals surface area (Å²) in [6, 6.07) is 19.2. The second-order valence-electron chi connectivity index (χ2n) is 6.30. The van der Waals surface area contributed by atoms with Crippen molar-refractivity contribution in [3.05, 3.63) is 82.4 Å². The van der Waals surface area contributed by atoms with Crippen molar-refractivity contribution in [3.63, 3.8) is 0 Å². The molecular weight excluding hydrogens is 352 g/mol. The molecule has 0 aliphatic carbocycles. The van der Waals surface area contributed by atoms with Gasteiger partial charge in [-0.05, 0) is 28.8 Å². The van der Waals surface area contributed by atoms with Crippen LogP contribution in [0.3, 0.4) is 0 Å². The Morgan fingerprint density at radius 2 is 1.69 bits per heavy atom. The molecule has 132 valence electrons. The van der Waals surface area contributed by atoms with Crippen molar-refractivity contribution >= 4 is 26.5 Å². The minimum Gasteiger partial charge on any atom is -0.258 e. The lowest BCUT2D eigenvalue weighted by Gasteiger charge is -2.08. The lowest BCUT2D eigenvalue weighted by molar-refractivity contribution is -0.387. The van der Waals surface area contributed by atoms with Crippen molar-refractivity contribution in [2.24, 2.45) is 0 Å². The monoisotopic (exact) mass is 368 g/mol. The van der Waals surface area contributed by atoms with E-state index in [0.29, 0.717) is 13.0 Å². The van der Waals surface area contributed by atoms with Gasteiger partial charge in [0.2, 0.25) is 10.0 Å². The Morgan fingerprint density at radius 3 is 2.50 bits per heavy atom. The molecule has 0 N–H and O–H groups in total. The zero-order valence-electron chi connectivity index (χ0n) is 13.8. The summed E-state index contributed by atoms with van der Waals surface area (Å²) in [7, 11) is -3.87. The first-order valence-corrected chi connectivity index (χ1v) is 9.64. The van der Waals surface area contributed by atoms with Gasteiger partial charge in [0.1, 0.15) is 0 Å². The molecule has 4 rings (SSSR count). The second-order valence-corrected chi connectivity index (χ2v) is 8.15. The molecule has 1 aliphatic heterocycles. The summed E-state index contributed by atoms with van der Waals surface area (Å²) in [5.74, 6) is 0. The smallest absolute Gasteiger partial charge is 0.258 e. The zero-order valence-corrected chi connectivity index (χ0v) is 14.6. The van der Waals surface area contributed by atoms with Crippen LogP contribution in [-0.4, -0.2) is 30.2 Å². The summed E-state index contributed by atoms with van der Waals surface area (Å²) in [5, 5.41) is 13.4. The number of nitro benzene ring substituents is 1. The van der Waals surface area contributed by atoms with Crippen LogP contribution in [0.5, 0.6) is 0 Å². The molecule has 0 saturated carbocycles. The second kappa shape index (κ2) is 6.19. The fourth-order valence-electron chi connectivity index (χ4n) is 3.30. The van der Waals surface area contributed by atoms with E-state index in [-0.39, 0.29) is 16.6 Å². The van der Waals surface area contributed by atoms with Crippen LogP contribution in [0.15, 0.2) is 71.6 Å². The van der Waals surface area contributed by atoms with Gasteiger partial charge in [-0.1, -0.05) is 54.6 Å². The number of benzene rings is 3. The topological polar surface area (TPSA) is 80.3 Å². The van der Waals surface area contributed by atoms with Crippen molar-refractivity contribution in [1.29, 1.82) is 0 Å². The fraction of sp³-hybridized carbons (Fsp3) is 0.158. The molecule has 1 fully saturated rings. The van der Waals surface area contributed by atoms with Gasteiger partial charge in [-0.3, -0.25) is 10.1 Å². The van der Waals surface area contributed by atoms with Crippen LogP contribution in [0.2, 0.25) is 0 Å². The van der Waals surface area contributed by atoms with Gasteiger partial charge in [0, 0.05) is 18.7 Å². The number of rotatable bonds is 5. The third kappa shape index (κ3) is 2.85. The Morgan fingerprint density at radius 1 is 1.00 bits per heavy atom. The van der Waals surface area contributed by atoms with Gasteiger partial charge in [0.05, 0.1) is 4.92 Å². The Bertz CT molecular complexity index is 1110. The molecule has 7 heteroatoms. The minimum absolute atomic E-state index is 0.175. The van der Waals surface area contributed by atoms with Gasteiger partial charge >= 0.3 is 0 Å². The van der Waals surface area contributed by atoms with Crippen LogP contribution in [0.4, 0.5) is 5.69 Å². The molecule has 26 heavy (non-hydrogen) atoms. The molecule has 2 unspecified atom stereocenters. The number of nitro groups is 1. The average molecular weight is 368 g/mol. The van der Waals surface area contributed by atoms with Crippen molar-refractivity contribution in [2.75, 3.05) is 6.54 Å². The summed E-state index contributed by atoms with van der Waals surface area (Å²) >= 11 is 0. The highest BCUT2D eigenvalue weighted by atomic mass is 32.2. The molecule has 3 aromatic carbocycles. The molecule has 3 aromatic rings. The summed E-state index contributed by atoms with van der Waals surface area (Å²) in [6.07, 6.45) is 0.585. The molecular formula is C19H16N2O4S.